The number of carbonyl (C=O) groups is 1. The highest BCUT2D eigenvalue weighted by Crippen LogP contribution is 2.35. The number of nitrogens with one attached hydrogen (secondary N) is 1. The third-order valence-corrected chi connectivity index (χ3v) is 7.03. The van der Waals surface area contributed by atoms with Crippen LogP contribution >= 0.6 is 0 Å². The van der Waals surface area contributed by atoms with Gasteiger partial charge in [0, 0.05) is 11.6 Å². The summed E-state index contributed by atoms with van der Waals surface area (Å²) >= 11 is 0. The van der Waals surface area contributed by atoms with Crippen molar-refractivity contribution in [3.05, 3.63) is 82.9 Å². The van der Waals surface area contributed by atoms with Crippen LogP contribution in [0.1, 0.15) is 27.0 Å². The average molecular weight is 511 g/mol. The zero-order chi connectivity index (χ0) is 25.7. The molecular formula is C27H30N2O6S. The van der Waals surface area contributed by atoms with Gasteiger partial charge in [0.05, 0.1) is 25.0 Å². The third-order valence-electron chi connectivity index (χ3n) is 5.89. The molecule has 1 aliphatic heterocycles. The molecule has 9 heteroatoms. The molecule has 1 amide bonds. The number of amides is 1. The number of ether oxygens (including phenoxy) is 3. The van der Waals surface area contributed by atoms with Crippen LogP contribution in [-0.2, 0) is 16.6 Å². The maximum Gasteiger partial charge on any atom is 0.251 e. The van der Waals surface area contributed by atoms with Crippen molar-refractivity contribution in [3.63, 3.8) is 0 Å². The van der Waals surface area contributed by atoms with Crippen molar-refractivity contribution < 1.29 is 27.4 Å². The molecule has 4 rings (SSSR count). The number of carbonyl (C=O) groups excluding carboxylic acids is 1. The van der Waals surface area contributed by atoms with Gasteiger partial charge in [0.1, 0.15) is 25.6 Å². The molecule has 8 nitrogen and oxygen atoms in total. The summed E-state index contributed by atoms with van der Waals surface area (Å²) < 4.78 is 43.2. The van der Waals surface area contributed by atoms with Gasteiger partial charge in [-0.15, -0.1) is 0 Å². The summed E-state index contributed by atoms with van der Waals surface area (Å²) in [6.45, 7) is 5.77. The number of hydrogen-bond donors (Lipinski definition) is 1. The Balaban J connectivity index is 1.35. The molecule has 0 saturated carbocycles. The van der Waals surface area contributed by atoms with E-state index in [1.807, 2.05) is 32.0 Å². The molecule has 1 N–H and O–H groups in total. The predicted molar refractivity (Wildman–Crippen MR) is 139 cm³/mol. The molecule has 3 aromatic carbocycles. The molecule has 0 atom stereocenters. The highest BCUT2D eigenvalue weighted by Gasteiger charge is 2.21. The van der Waals surface area contributed by atoms with Crippen LogP contribution in [0.4, 0.5) is 5.69 Å². The van der Waals surface area contributed by atoms with E-state index in [4.69, 9.17) is 14.2 Å². The Bertz CT molecular complexity index is 1340. The first-order valence-corrected chi connectivity index (χ1v) is 13.5. The fourth-order valence-corrected chi connectivity index (χ4v) is 4.63. The second-order valence-electron chi connectivity index (χ2n) is 8.64. The highest BCUT2D eigenvalue weighted by atomic mass is 32.2. The van der Waals surface area contributed by atoms with E-state index in [2.05, 4.69) is 5.32 Å². The summed E-state index contributed by atoms with van der Waals surface area (Å²) in [5.41, 5.74) is 4.05. The monoisotopic (exact) mass is 510 g/mol. The van der Waals surface area contributed by atoms with E-state index < -0.39 is 10.0 Å². The molecule has 0 fully saturated rings. The number of hydrogen-bond acceptors (Lipinski definition) is 6. The maximum absolute atomic E-state index is 12.5. The van der Waals surface area contributed by atoms with Crippen LogP contribution in [0.2, 0.25) is 0 Å². The van der Waals surface area contributed by atoms with Gasteiger partial charge in [-0.1, -0.05) is 18.2 Å². The minimum Gasteiger partial charge on any atom is -0.492 e. The van der Waals surface area contributed by atoms with Crippen LogP contribution in [0.5, 0.6) is 17.2 Å². The molecule has 0 saturated heterocycles. The first-order chi connectivity index (χ1) is 17.2. The Hall–Kier alpha value is -3.72. The topological polar surface area (TPSA) is 94.2 Å². The molecule has 1 aliphatic rings. The van der Waals surface area contributed by atoms with E-state index in [0.717, 1.165) is 23.1 Å². The number of anilines is 1. The van der Waals surface area contributed by atoms with Crippen LogP contribution in [-0.4, -0.2) is 46.9 Å². The summed E-state index contributed by atoms with van der Waals surface area (Å²) in [6, 6.07) is 17.8. The Morgan fingerprint density at radius 1 is 0.944 bits per heavy atom. The normalized spacial score (nSPS) is 12.6. The first-order valence-electron chi connectivity index (χ1n) is 11.7. The van der Waals surface area contributed by atoms with Crippen molar-refractivity contribution in [2.45, 2.75) is 20.4 Å². The Morgan fingerprint density at radius 3 is 2.36 bits per heavy atom. The number of fused-ring (bicyclic) bond motifs is 1. The van der Waals surface area contributed by atoms with Crippen LogP contribution in [0, 0.1) is 13.8 Å². The molecule has 36 heavy (non-hydrogen) atoms. The number of sulfonamides is 1. The molecular weight excluding hydrogens is 480 g/mol. The highest BCUT2D eigenvalue weighted by molar-refractivity contribution is 7.92. The van der Waals surface area contributed by atoms with Crippen molar-refractivity contribution in [3.8, 4) is 17.2 Å². The van der Waals surface area contributed by atoms with Crippen molar-refractivity contribution in [2.75, 3.05) is 36.9 Å². The lowest BCUT2D eigenvalue weighted by Gasteiger charge is -2.25. The van der Waals surface area contributed by atoms with Crippen LogP contribution in [0.25, 0.3) is 0 Å². The van der Waals surface area contributed by atoms with Crippen molar-refractivity contribution in [1.82, 2.24) is 5.32 Å². The van der Waals surface area contributed by atoms with Gasteiger partial charge in [-0.2, -0.15) is 0 Å². The second-order valence-corrected chi connectivity index (χ2v) is 10.6. The number of aryl methyl sites for hydroxylation is 2. The first kappa shape index (κ1) is 25.4. The number of benzene rings is 3. The lowest BCUT2D eigenvalue weighted by Crippen LogP contribution is -2.30. The quantitative estimate of drug-likeness (QED) is 0.440. The zero-order valence-corrected chi connectivity index (χ0v) is 21.4. The van der Waals surface area contributed by atoms with Crippen molar-refractivity contribution in [2.24, 2.45) is 0 Å². The van der Waals surface area contributed by atoms with Gasteiger partial charge < -0.3 is 19.5 Å². The largest absolute Gasteiger partial charge is 0.492 e. The van der Waals surface area contributed by atoms with Crippen molar-refractivity contribution in [1.29, 1.82) is 0 Å². The van der Waals surface area contributed by atoms with Crippen LogP contribution in [0.15, 0.2) is 60.7 Å². The molecule has 0 spiro atoms. The van der Waals surface area contributed by atoms with E-state index in [1.54, 1.807) is 42.5 Å². The van der Waals surface area contributed by atoms with Gasteiger partial charge in [-0.3, -0.25) is 9.10 Å². The van der Waals surface area contributed by atoms with Gasteiger partial charge in [-0.05, 0) is 66.9 Å². The Morgan fingerprint density at radius 2 is 1.67 bits per heavy atom. The zero-order valence-electron chi connectivity index (χ0n) is 20.6. The molecule has 0 aliphatic carbocycles. The fourth-order valence-electron chi connectivity index (χ4n) is 3.75. The summed E-state index contributed by atoms with van der Waals surface area (Å²) in [7, 11) is -3.57. The average Bonchev–Trinajstić information content (AvgIpc) is 2.86. The van der Waals surface area contributed by atoms with Gasteiger partial charge in [0.2, 0.25) is 10.0 Å². The van der Waals surface area contributed by atoms with Crippen LogP contribution in [0.3, 0.4) is 0 Å². The fraction of sp³-hybridized carbons (Fsp3) is 0.296. The van der Waals surface area contributed by atoms with E-state index in [1.165, 1.54) is 9.87 Å². The van der Waals surface area contributed by atoms with Gasteiger partial charge in [-0.25, -0.2) is 8.42 Å². The van der Waals surface area contributed by atoms with E-state index >= 15 is 0 Å². The molecule has 190 valence electrons. The SMILES string of the molecule is Cc1ccc(OCCNC(=O)c2ccc(CN(c3ccc4c(c3)OCCO4)S(C)(=O)=O)cc2)cc1C. The summed E-state index contributed by atoms with van der Waals surface area (Å²) in [5, 5.41) is 2.84. The van der Waals surface area contributed by atoms with E-state index in [0.29, 0.717) is 49.1 Å². The number of nitrogens with zero attached hydrogens (tertiary/aromatic N) is 1. The standard InChI is InChI=1S/C27H30N2O6S/c1-19-4-10-24(16-20(19)2)33-13-12-28-27(30)22-7-5-21(6-8-22)18-29(36(3,31)32)23-9-11-25-26(17-23)35-15-14-34-25/h4-11,16-17H,12-15,18H2,1-3H3,(H,28,30). The summed E-state index contributed by atoms with van der Waals surface area (Å²) in [4.78, 5) is 12.5. The molecule has 0 aromatic heterocycles. The Kier molecular flexibility index (Phi) is 7.69. The third kappa shape index (κ3) is 6.28. The summed E-state index contributed by atoms with van der Waals surface area (Å²) in [5.74, 6) is 1.65. The van der Waals surface area contributed by atoms with E-state index in [-0.39, 0.29) is 12.5 Å². The van der Waals surface area contributed by atoms with Crippen molar-refractivity contribution >= 4 is 21.6 Å². The Labute approximate surface area is 211 Å². The van der Waals surface area contributed by atoms with Crippen LogP contribution < -0.4 is 23.8 Å². The van der Waals surface area contributed by atoms with Gasteiger partial charge >= 0.3 is 0 Å². The molecule has 1 heterocycles. The van der Waals surface area contributed by atoms with E-state index in [9.17, 15) is 13.2 Å². The second kappa shape index (κ2) is 10.9. The molecule has 0 radical (unpaired) electrons. The number of rotatable bonds is 9. The molecule has 0 bridgehead atoms. The predicted octanol–water partition coefficient (Wildman–Crippen LogP) is 3.85. The van der Waals surface area contributed by atoms with Gasteiger partial charge in [0.15, 0.2) is 11.5 Å². The smallest absolute Gasteiger partial charge is 0.251 e. The minimum atomic E-state index is -3.57. The molecule has 0 unspecified atom stereocenters. The summed E-state index contributed by atoms with van der Waals surface area (Å²) in [6.07, 6.45) is 1.16. The minimum absolute atomic E-state index is 0.115. The molecule has 3 aromatic rings. The maximum atomic E-state index is 12.5. The lowest BCUT2D eigenvalue weighted by molar-refractivity contribution is 0.0947. The lowest BCUT2D eigenvalue weighted by atomic mass is 10.1. The van der Waals surface area contributed by atoms with Gasteiger partial charge in [0.25, 0.3) is 5.91 Å².